The molecule has 4 rings (SSSR count). The van der Waals surface area contributed by atoms with Crippen LogP contribution >= 0.6 is 23.2 Å². The number of nitrogens with zero attached hydrogens (tertiary/aromatic N) is 2. The Morgan fingerprint density at radius 3 is 2.19 bits per heavy atom. The van der Waals surface area contributed by atoms with Crippen LogP contribution in [0, 0.1) is 0 Å². The Balaban J connectivity index is 1.72. The first-order chi connectivity index (χ1) is 15.4. The highest BCUT2D eigenvalue weighted by atomic mass is 35.5. The van der Waals surface area contributed by atoms with E-state index >= 15 is 0 Å². The van der Waals surface area contributed by atoms with E-state index in [4.69, 9.17) is 32.7 Å². The molecule has 0 fully saturated rings. The maximum Gasteiger partial charge on any atom is 0.264 e. The van der Waals surface area contributed by atoms with E-state index in [-0.39, 0.29) is 21.6 Å². The number of ether oxygens (including phenoxy) is 2. The maximum absolute atomic E-state index is 13.0. The lowest BCUT2D eigenvalue weighted by atomic mass is 10.3. The first kappa shape index (κ1) is 22.1. The van der Waals surface area contributed by atoms with Crippen LogP contribution in [0.2, 0.25) is 10.0 Å². The van der Waals surface area contributed by atoms with Crippen molar-refractivity contribution in [2.24, 2.45) is 0 Å². The largest absolute Gasteiger partial charge is 0.494 e. The van der Waals surface area contributed by atoms with Crippen molar-refractivity contribution < 1.29 is 17.9 Å². The summed E-state index contributed by atoms with van der Waals surface area (Å²) in [5.41, 5.74) is 1.03. The Morgan fingerprint density at radius 2 is 1.53 bits per heavy atom. The molecule has 1 heterocycles. The fraction of sp³-hybridized carbons (Fsp3) is 0.0909. The van der Waals surface area contributed by atoms with Crippen LogP contribution in [0.3, 0.4) is 0 Å². The molecule has 0 aliphatic rings. The highest BCUT2D eigenvalue weighted by Crippen LogP contribution is 2.33. The van der Waals surface area contributed by atoms with Gasteiger partial charge in [-0.2, -0.15) is 0 Å². The van der Waals surface area contributed by atoms with E-state index in [9.17, 15) is 8.42 Å². The molecule has 0 saturated carbocycles. The van der Waals surface area contributed by atoms with Gasteiger partial charge in [0.25, 0.3) is 15.9 Å². The summed E-state index contributed by atoms with van der Waals surface area (Å²) < 4.78 is 39.6. The van der Waals surface area contributed by atoms with Gasteiger partial charge < -0.3 is 9.47 Å². The smallest absolute Gasteiger partial charge is 0.264 e. The Hall–Kier alpha value is -3.07. The monoisotopic (exact) mass is 489 g/mol. The van der Waals surface area contributed by atoms with Crippen molar-refractivity contribution in [2.75, 3.05) is 11.3 Å². The van der Waals surface area contributed by atoms with E-state index in [0.717, 1.165) is 0 Å². The standard InChI is InChI=1S/C22H17Cl2N3O4S/c1-2-30-14-7-10-16(11-8-14)32(28,29)27-21-22(26-20-6-4-3-5-19(20)25-21)31-15-9-12-17(23)18(24)13-15/h3-13H,2H2,1H3,(H,25,27). The van der Waals surface area contributed by atoms with Crippen molar-refractivity contribution in [1.29, 1.82) is 0 Å². The Morgan fingerprint density at radius 1 is 0.875 bits per heavy atom. The summed E-state index contributed by atoms with van der Waals surface area (Å²) in [6.07, 6.45) is 0. The lowest BCUT2D eigenvalue weighted by Crippen LogP contribution is -2.15. The van der Waals surface area contributed by atoms with Crippen molar-refractivity contribution in [3.63, 3.8) is 0 Å². The second kappa shape index (κ2) is 9.20. The summed E-state index contributed by atoms with van der Waals surface area (Å²) in [5.74, 6) is 0.798. The zero-order chi connectivity index (χ0) is 22.7. The molecule has 0 atom stereocenters. The maximum atomic E-state index is 13.0. The number of anilines is 1. The molecule has 0 bridgehead atoms. The van der Waals surface area contributed by atoms with Gasteiger partial charge in [-0.25, -0.2) is 18.4 Å². The number of benzene rings is 3. The summed E-state index contributed by atoms with van der Waals surface area (Å²) in [6.45, 7) is 2.33. The molecule has 0 saturated heterocycles. The number of para-hydroxylation sites is 2. The molecule has 0 aliphatic heterocycles. The van der Waals surface area contributed by atoms with Crippen LogP contribution in [-0.4, -0.2) is 25.0 Å². The minimum atomic E-state index is -3.98. The molecule has 164 valence electrons. The summed E-state index contributed by atoms with van der Waals surface area (Å²) >= 11 is 12.0. The fourth-order valence-corrected chi connectivity index (χ4v) is 4.13. The van der Waals surface area contributed by atoms with Gasteiger partial charge in [0.1, 0.15) is 11.5 Å². The average molecular weight is 490 g/mol. The van der Waals surface area contributed by atoms with Crippen LogP contribution < -0.4 is 14.2 Å². The normalized spacial score (nSPS) is 11.3. The van der Waals surface area contributed by atoms with E-state index in [1.165, 1.54) is 18.2 Å². The minimum absolute atomic E-state index is 0.0309. The number of hydrogen-bond acceptors (Lipinski definition) is 6. The minimum Gasteiger partial charge on any atom is -0.494 e. The Kier molecular flexibility index (Phi) is 6.36. The zero-order valence-corrected chi connectivity index (χ0v) is 19.1. The molecule has 1 N–H and O–H groups in total. The first-order valence-electron chi connectivity index (χ1n) is 9.51. The van der Waals surface area contributed by atoms with E-state index in [2.05, 4.69) is 14.7 Å². The summed E-state index contributed by atoms with van der Waals surface area (Å²) in [6, 6.07) is 17.8. The molecular weight excluding hydrogens is 473 g/mol. The van der Waals surface area contributed by atoms with Crippen LogP contribution in [0.5, 0.6) is 17.4 Å². The van der Waals surface area contributed by atoms with Gasteiger partial charge in [0.15, 0.2) is 0 Å². The van der Waals surface area contributed by atoms with E-state index in [1.54, 1.807) is 48.5 Å². The van der Waals surface area contributed by atoms with Gasteiger partial charge in [-0.15, -0.1) is 0 Å². The van der Waals surface area contributed by atoms with Crippen LogP contribution in [-0.2, 0) is 10.0 Å². The molecule has 3 aromatic carbocycles. The number of fused-ring (bicyclic) bond motifs is 1. The van der Waals surface area contributed by atoms with Crippen molar-refractivity contribution in [2.45, 2.75) is 11.8 Å². The van der Waals surface area contributed by atoms with E-state index in [0.29, 0.717) is 34.2 Å². The topological polar surface area (TPSA) is 90.4 Å². The quantitative estimate of drug-likeness (QED) is 0.346. The SMILES string of the molecule is CCOc1ccc(S(=O)(=O)Nc2nc3ccccc3nc2Oc2ccc(Cl)c(Cl)c2)cc1. The second-order valence-electron chi connectivity index (χ2n) is 6.55. The lowest BCUT2D eigenvalue weighted by molar-refractivity contribution is 0.340. The molecule has 0 unspecified atom stereocenters. The number of sulfonamides is 1. The van der Waals surface area contributed by atoms with Gasteiger partial charge in [-0.05, 0) is 55.5 Å². The third-order valence-corrected chi connectivity index (χ3v) is 6.41. The molecule has 0 amide bonds. The predicted octanol–water partition coefficient (Wildman–Crippen LogP) is 5.93. The van der Waals surface area contributed by atoms with Gasteiger partial charge in [0.05, 0.1) is 32.6 Å². The molecule has 0 radical (unpaired) electrons. The summed E-state index contributed by atoms with van der Waals surface area (Å²) in [7, 11) is -3.98. The number of hydrogen-bond donors (Lipinski definition) is 1. The lowest BCUT2D eigenvalue weighted by Gasteiger charge is -2.13. The molecule has 1 aromatic heterocycles. The molecule has 0 spiro atoms. The van der Waals surface area contributed by atoms with E-state index in [1.807, 2.05) is 6.92 Å². The van der Waals surface area contributed by atoms with E-state index < -0.39 is 10.0 Å². The third kappa shape index (κ3) is 4.88. The highest BCUT2D eigenvalue weighted by Gasteiger charge is 2.20. The fourth-order valence-electron chi connectivity index (χ4n) is 2.84. The van der Waals surface area contributed by atoms with Gasteiger partial charge in [-0.1, -0.05) is 35.3 Å². The number of nitrogens with one attached hydrogen (secondary N) is 1. The Bertz CT molecular complexity index is 1380. The zero-order valence-electron chi connectivity index (χ0n) is 16.7. The van der Waals surface area contributed by atoms with Crippen molar-refractivity contribution in [3.05, 3.63) is 76.8 Å². The second-order valence-corrected chi connectivity index (χ2v) is 9.05. The highest BCUT2D eigenvalue weighted by molar-refractivity contribution is 7.92. The molecule has 32 heavy (non-hydrogen) atoms. The van der Waals surface area contributed by atoms with Crippen LogP contribution in [0.4, 0.5) is 5.82 Å². The first-order valence-corrected chi connectivity index (χ1v) is 11.7. The average Bonchev–Trinajstić information content (AvgIpc) is 2.77. The molecule has 4 aromatic rings. The number of halogens is 2. The molecule has 0 aliphatic carbocycles. The van der Waals surface area contributed by atoms with Crippen LogP contribution in [0.15, 0.2) is 71.6 Å². The van der Waals surface area contributed by atoms with Gasteiger partial charge in [-0.3, -0.25) is 4.72 Å². The predicted molar refractivity (Wildman–Crippen MR) is 124 cm³/mol. The molecular formula is C22H17Cl2N3O4S. The number of aromatic nitrogens is 2. The van der Waals surface area contributed by atoms with Crippen molar-refractivity contribution in [3.8, 4) is 17.4 Å². The van der Waals surface area contributed by atoms with Crippen molar-refractivity contribution >= 4 is 50.1 Å². The van der Waals surface area contributed by atoms with Gasteiger partial charge in [0.2, 0.25) is 5.82 Å². The Labute approximate surface area is 195 Å². The molecule has 7 nitrogen and oxygen atoms in total. The summed E-state index contributed by atoms with van der Waals surface area (Å²) in [4.78, 5) is 8.88. The van der Waals surface area contributed by atoms with Crippen LogP contribution in [0.25, 0.3) is 11.0 Å². The van der Waals surface area contributed by atoms with Crippen molar-refractivity contribution in [1.82, 2.24) is 9.97 Å². The molecule has 10 heteroatoms. The third-order valence-electron chi connectivity index (χ3n) is 4.32. The van der Waals surface area contributed by atoms with Gasteiger partial charge in [0, 0.05) is 6.07 Å². The number of rotatable bonds is 7. The van der Waals surface area contributed by atoms with Crippen LogP contribution in [0.1, 0.15) is 6.92 Å². The summed E-state index contributed by atoms with van der Waals surface area (Å²) in [5, 5.41) is 0.648. The van der Waals surface area contributed by atoms with Gasteiger partial charge >= 0.3 is 0 Å².